The molecule has 0 saturated heterocycles. The molecule has 98 valence electrons. The third-order valence-corrected chi connectivity index (χ3v) is 2.87. The van der Waals surface area contributed by atoms with Crippen molar-refractivity contribution in [1.29, 1.82) is 0 Å². The van der Waals surface area contributed by atoms with Gasteiger partial charge in [0.25, 0.3) is 0 Å². The van der Waals surface area contributed by atoms with Crippen molar-refractivity contribution in [2.24, 2.45) is 0 Å². The lowest BCUT2D eigenvalue weighted by molar-refractivity contribution is -0.113. The molecule has 1 amide bonds. The molecule has 2 N–H and O–H groups in total. The summed E-state index contributed by atoms with van der Waals surface area (Å²) in [7, 11) is 1.59. The molecule has 0 aromatic carbocycles. The number of pyridine rings is 1. The van der Waals surface area contributed by atoms with Crippen LogP contribution in [0.15, 0.2) is 18.3 Å². The molecule has 0 aliphatic rings. The molecule has 7 heteroatoms. The van der Waals surface area contributed by atoms with Crippen molar-refractivity contribution in [2.45, 2.75) is 0 Å². The number of methoxy groups -OCH3 is 1. The Morgan fingerprint density at radius 3 is 3.00 bits per heavy atom. The topological polar surface area (TPSA) is 88.5 Å². The number of carboxylic acid groups (broad SMARTS) is 1. The lowest BCUT2D eigenvalue weighted by Gasteiger charge is -2.07. The second-order valence-corrected chi connectivity index (χ2v) is 4.40. The number of aromatic carboxylic acids is 1. The van der Waals surface area contributed by atoms with Crippen molar-refractivity contribution in [2.75, 3.05) is 30.5 Å². The molecule has 0 atom stereocenters. The summed E-state index contributed by atoms with van der Waals surface area (Å²) in [6, 6.07) is 3.08. The first-order valence-electron chi connectivity index (χ1n) is 5.20. The number of carboxylic acids is 1. The van der Waals surface area contributed by atoms with Crippen LogP contribution in [0.25, 0.3) is 0 Å². The van der Waals surface area contributed by atoms with Crippen LogP contribution < -0.4 is 5.32 Å². The fourth-order valence-electron chi connectivity index (χ4n) is 1.17. The van der Waals surface area contributed by atoms with Gasteiger partial charge in [-0.1, -0.05) is 0 Å². The van der Waals surface area contributed by atoms with E-state index >= 15 is 0 Å². The van der Waals surface area contributed by atoms with E-state index in [0.29, 0.717) is 12.4 Å². The molecule has 1 heterocycles. The summed E-state index contributed by atoms with van der Waals surface area (Å²) < 4.78 is 4.85. The predicted molar refractivity (Wildman–Crippen MR) is 69.0 cm³/mol. The van der Waals surface area contributed by atoms with Gasteiger partial charge in [-0.2, -0.15) is 0 Å². The minimum atomic E-state index is -1.17. The fourth-order valence-corrected chi connectivity index (χ4v) is 1.86. The Bertz CT molecular complexity index is 425. The average molecular weight is 270 g/mol. The molecule has 1 aromatic heterocycles. The van der Waals surface area contributed by atoms with E-state index in [1.807, 2.05) is 0 Å². The van der Waals surface area contributed by atoms with E-state index in [0.717, 1.165) is 0 Å². The molecule has 0 bridgehead atoms. The Morgan fingerprint density at radius 1 is 1.56 bits per heavy atom. The van der Waals surface area contributed by atoms with Crippen LogP contribution in [0.1, 0.15) is 10.5 Å². The number of amides is 1. The van der Waals surface area contributed by atoms with Crippen LogP contribution in [0, 0.1) is 0 Å². The number of carbonyl (C=O) groups excluding carboxylic acids is 1. The molecule has 0 fully saturated rings. The van der Waals surface area contributed by atoms with Crippen molar-refractivity contribution in [3.8, 4) is 0 Å². The van der Waals surface area contributed by atoms with Crippen molar-refractivity contribution < 1.29 is 19.4 Å². The van der Waals surface area contributed by atoms with Crippen LogP contribution in [0.5, 0.6) is 0 Å². The Labute approximate surface area is 109 Å². The second kappa shape index (κ2) is 7.67. The number of aromatic nitrogens is 1. The van der Waals surface area contributed by atoms with E-state index in [1.165, 1.54) is 24.0 Å². The molecule has 0 radical (unpaired) electrons. The number of rotatable bonds is 7. The molecule has 1 rings (SSSR count). The normalized spacial score (nSPS) is 10.1. The Kier molecular flexibility index (Phi) is 6.16. The second-order valence-electron chi connectivity index (χ2n) is 3.30. The van der Waals surface area contributed by atoms with E-state index in [-0.39, 0.29) is 23.0 Å². The highest BCUT2D eigenvalue weighted by Gasteiger charge is 2.12. The maximum absolute atomic E-state index is 11.6. The molecule has 18 heavy (non-hydrogen) atoms. The number of ether oxygens (including phenoxy) is 1. The predicted octanol–water partition coefficient (Wildman–Crippen LogP) is 1.10. The highest BCUT2D eigenvalue weighted by Crippen LogP contribution is 2.12. The summed E-state index contributed by atoms with van der Waals surface area (Å²) in [6.07, 6.45) is 1.37. The summed E-state index contributed by atoms with van der Waals surface area (Å²) in [6.45, 7) is 0.575. The van der Waals surface area contributed by atoms with Gasteiger partial charge in [0.1, 0.15) is 0 Å². The zero-order chi connectivity index (χ0) is 13.4. The van der Waals surface area contributed by atoms with Crippen molar-refractivity contribution in [3.63, 3.8) is 0 Å². The fraction of sp³-hybridized carbons (Fsp3) is 0.364. The number of carbonyl (C=O) groups is 2. The van der Waals surface area contributed by atoms with E-state index in [9.17, 15) is 9.59 Å². The monoisotopic (exact) mass is 270 g/mol. The van der Waals surface area contributed by atoms with Crippen LogP contribution >= 0.6 is 11.8 Å². The van der Waals surface area contributed by atoms with Gasteiger partial charge in [0.05, 0.1) is 18.0 Å². The summed E-state index contributed by atoms with van der Waals surface area (Å²) in [5.74, 6) is -0.468. The van der Waals surface area contributed by atoms with Crippen LogP contribution in [0.4, 0.5) is 5.69 Å². The Morgan fingerprint density at radius 2 is 2.33 bits per heavy atom. The molecule has 0 aliphatic heterocycles. The molecule has 1 aromatic rings. The average Bonchev–Trinajstić information content (AvgIpc) is 2.35. The first-order chi connectivity index (χ1) is 8.65. The molecule has 0 aliphatic carbocycles. The summed E-state index contributed by atoms with van der Waals surface area (Å²) in [5, 5.41) is 11.4. The molecule has 0 spiro atoms. The number of nitrogens with zero attached hydrogens (tertiary/aromatic N) is 1. The number of thioether (sulfide) groups is 1. The minimum Gasteiger partial charge on any atom is -0.476 e. The Hall–Kier alpha value is -1.60. The highest BCUT2D eigenvalue weighted by atomic mass is 32.2. The largest absolute Gasteiger partial charge is 0.476 e. The molecule has 6 nitrogen and oxygen atoms in total. The maximum Gasteiger partial charge on any atom is 0.356 e. The summed E-state index contributed by atoms with van der Waals surface area (Å²) >= 11 is 1.41. The van der Waals surface area contributed by atoms with Crippen molar-refractivity contribution >= 4 is 29.3 Å². The van der Waals surface area contributed by atoms with Gasteiger partial charge in [-0.25, -0.2) is 9.78 Å². The van der Waals surface area contributed by atoms with Gasteiger partial charge in [-0.3, -0.25) is 4.79 Å². The van der Waals surface area contributed by atoms with Gasteiger partial charge >= 0.3 is 5.97 Å². The zero-order valence-electron chi connectivity index (χ0n) is 9.88. The first kappa shape index (κ1) is 14.5. The van der Waals surface area contributed by atoms with Gasteiger partial charge in [0.15, 0.2) is 5.69 Å². The number of nitrogens with one attached hydrogen (secondary N) is 1. The van der Waals surface area contributed by atoms with Gasteiger partial charge in [-0.05, 0) is 12.1 Å². The molecule has 0 saturated carbocycles. The third-order valence-electron chi connectivity index (χ3n) is 1.95. The SMILES string of the molecule is COCCSCC(=O)Nc1cccnc1C(=O)O. The van der Waals surface area contributed by atoms with Crippen LogP contribution in [-0.4, -0.2) is 47.2 Å². The molecule has 0 unspecified atom stereocenters. The lowest BCUT2D eigenvalue weighted by atomic mass is 10.3. The van der Waals surface area contributed by atoms with Gasteiger partial charge < -0.3 is 15.2 Å². The van der Waals surface area contributed by atoms with E-state index < -0.39 is 5.97 Å². The van der Waals surface area contributed by atoms with Gasteiger partial charge in [-0.15, -0.1) is 11.8 Å². The van der Waals surface area contributed by atoms with Gasteiger partial charge in [0.2, 0.25) is 5.91 Å². The summed E-state index contributed by atoms with van der Waals surface area (Å²) in [4.78, 5) is 26.1. The third kappa shape index (κ3) is 4.72. The van der Waals surface area contributed by atoms with E-state index in [4.69, 9.17) is 9.84 Å². The minimum absolute atomic E-state index is 0.159. The van der Waals surface area contributed by atoms with E-state index in [2.05, 4.69) is 10.3 Å². The zero-order valence-corrected chi connectivity index (χ0v) is 10.7. The number of hydrogen-bond acceptors (Lipinski definition) is 5. The van der Waals surface area contributed by atoms with E-state index in [1.54, 1.807) is 13.2 Å². The summed E-state index contributed by atoms with van der Waals surface area (Å²) in [5.41, 5.74) is 0.0510. The number of anilines is 1. The maximum atomic E-state index is 11.6. The van der Waals surface area contributed by atoms with Crippen molar-refractivity contribution in [1.82, 2.24) is 4.98 Å². The number of hydrogen-bond donors (Lipinski definition) is 2. The first-order valence-corrected chi connectivity index (χ1v) is 6.35. The Balaban J connectivity index is 2.51. The quantitative estimate of drug-likeness (QED) is 0.721. The highest BCUT2D eigenvalue weighted by molar-refractivity contribution is 7.99. The van der Waals surface area contributed by atoms with Gasteiger partial charge in [0, 0.05) is 19.1 Å². The molecular formula is C11H14N2O4S. The van der Waals surface area contributed by atoms with Crippen LogP contribution in [0.2, 0.25) is 0 Å². The van der Waals surface area contributed by atoms with Crippen LogP contribution in [0.3, 0.4) is 0 Å². The molecular weight excluding hydrogens is 256 g/mol. The van der Waals surface area contributed by atoms with Crippen molar-refractivity contribution in [3.05, 3.63) is 24.0 Å². The smallest absolute Gasteiger partial charge is 0.356 e. The lowest BCUT2D eigenvalue weighted by Crippen LogP contribution is -2.17. The van der Waals surface area contributed by atoms with Crippen LogP contribution in [-0.2, 0) is 9.53 Å². The standard InChI is InChI=1S/C11H14N2O4S/c1-17-5-6-18-7-9(14)13-8-3-2-4-12-10(8)11(15)16/h2-4H,5-7H2,1H3,(H,13,14)(H,15,16).